The molecule has 11 heteroatoms. The average molecular weight is 390 g/mol. The molecule has 1 aromatic rings. The van der Waals surface area contributed by atoms with Gasteiger partial charge in [-0.25, -0.2) is 0 Å². The summed E-state index contributed by atoms with van der Waals surface area (Å²) in [5, 5.41) is 50.4. The molecule has 0 fully saturated rings. The van der Waals surface area contributed by atoms with Crippen molar-refractivity contribution < 1.29 is 54.6 Å². The highest BCUT2D eigenvalue weighted by atomic mass is 16.4. The van der Waals surface area contributed by atoms with E-state index in [1.54, 1.807) is 0 Å². The van der Waals surface area contributed by atoms with Crippen LogP contribution in [-0.2, 0) is 14.4 Å². The number of carbonyl (C=O) groups excluding carboxylic acids is 2. The zero-order valence-corrected chi connectivity index (χ0v) is 15.3. The summed E-state index contributed by atoms with van der Waals surface area (Å²) in [7, 11) is 0. The van der Waals surface area contributed by atoms with Crippen molar-refractivity contribution in [2.24, 2.45) is 0 Å². The number of rotatable bonds is 2. The topological polar surface area (TPSA) is 207 Å². The van der Waals surface area contributed by atoms with Gasteiger partial charge in [0.25, 0.3) is 17.9 Å². The number of carbonyl (C=O) groups is 5. The first kappa shape index (κ1) is 28.2. The van der Waals surface area contributed by atoms with Gasteiger partial charge in [-0.3, -0.25) is 24.0 Å². The van der Waals surface area contributed by atoms with E-state index in [0.29, 0.717) is 0 Å². The summed E-state index contributed by atoms with van der Waals surface area (Å²) < 4.78 is 0. The number of phenolic OH excluding ortho intramolecular Hbond substituents is 3. The maximum Gasteiger partial charge on any atom is 0.300 e. The third-order valence-corrected chi connectivity index (χ3v) is 1.96. The molecule has 0 saturated heterocycles. The molecule has 0 aliphatic rings. The molecular weight excluding hydrogens is 368 g/mol. The van der Waals surface area contributed by atoms with Crippen LogP contribution in [0.4, 0.5) is 0 Å². The highest BCUT2D eigenvalue weighted by Gasteiger charge is 2.22. The lowest BCUT2D eigenvalue weighted by molar-refractivity contribution is -0.135. The monoisotopic (exact) mass is 390 g/mol. The summed E-state index contributed by atoms with van der Waals surface area (Å²) >= 11 is 0. The minimum Gasteiger partial charge on any atom is -0.507 e. The maximum atomic E-state index is 11.1. The van der Waals surface area contributed by atoms with Gasteiger partial charge in [-0.2, -0.15) is 0 Å². The molecule has 0 heterocycles. The summed E-state index contributed by atoms with van der Waals surface area (Å²) in [4.78, 5) is 49.1. The van der Waals surface area contributed by atoms with Gasteiger partial charge in [0, 0.05) is 26.8 Å². The standard InChI is InChI=1S/C10H10O5.3C2H4O2/c1-4(11)8-6(13)3-7(14)9(5(2)12)10(8)15;3*1-2(3)4/h3,13-15H,1-2H3;3*1H3,(H,3,4). The number of hydrogen-bond acceptors (Lipinski definition) is 8. The van der Waals surface area contributed by atoms with Crippen molar-refractivity contribution >= 4 is 29.5 Å². The van der Waals surface area contributed by atoms with E-state index in [4.69, 9.17) is 29.7 Å². The lowest BCUT2D eigenvalue weighted by Crippen LogP contribution is -2.01. The van der Waals surface area contributed by atoms with Crippen LogP contribution >= 0.6 is 0 Å². The second-order valence-electron chi connectivity index (χ2n) is 4.68. The van der Waals surface area contributed by atoms with Crippen molar-refractivity contribution in [3.8, 4) is 17.2 Å². The number of aromatic hydroxyl groups is 3. The number of hydrogen-bond donors (Lipinski definition) is 6. The number of benzene rings is 1. The number of phenols is 3. The molecule has 11 nitrogen and oxygen atoms in total. The van der Waals surface area contributed by atoms with Gasteiger partial charge in [-0.1, -0.05) is 0 Å². The Morgan fingerprint density at radius 2 is 0.778 bits per heavy atom. The fourth-order valence-electron chi connectivity index (χ4n) is 1.34. The van der Waals surface area contributed by atoms with E-state index in [-0.39, 0.29) is 11.1 Å². The van der Waals surface area contributed by atoms with Gasteiger partial charge in [0.2, 0.25) is 0 Å². The normalized spacial score (nSPS) is 8.33. The van der Waals surface area contributed by atoms with Crippen molar-refractivity contribution in [3.63, 3.8) is 0 Å². The Hall–Kier alpha value is -3.63. The smallest absolute Gasteiger partial charge is 0.300 e. The number of Topliss-reactive ketones (excluding diaryl/α,β-unsaturated/α-hetero) is 2. The molecule has 0 amide bonds. The van der Waals surface area contributed by atoms with E-state index in [1.165, 1.54) is 0 Å². The Labute approximate surface area is 154 Å². The summed E-state index contributed by atoms with van der Waals surface area (Å²) in [6.45, 7) is 5.52. The molecule has 0 aliphatic carbocycles. The second kappa shape index (κ2) is 13.6. The molecule has 0 aromatic heterocycles. The third-order valence-electron chi connectivity index (χ3n) is 1.96. The van der Waals surface area contributed by atoms with Crippen LogP contribution in [0.3, 0.4) is 0 Å². The molecule has 6 N–H and O–H groups in total. The van der Waals surface area contributed by atoms with Crippen LogP contribution < -0.4 is 0 Å². The number of ketones is 2. The average Bonchev–Trinajstić information content (AvgIpc) is 2.33. The Balaban J connectivity index is -0.000000394. The van der Waals surface area contributed by atoms with Crippen LogP contribution in [0.25, 0.3) is 0 Å². The van der Waals surface area contributed by atoms with Gasteiger partial charge in [0.05, 0.1) is 0 Å². The summed E-state index contributed by atoms with van der Waals surface area (Å²) in [5.41, 5.74) is -0.726. The first-order valence-electron chi connectivity index (χ1n) is 6.94. The number of carboxylic acid groups (broad SMARTS) is 3. The summed E-state index contributed by atoms with van der Waals surface area (Å²) in [5.74, 6) is -5.47. The summed E-state index contributed by atoms with van der Waals surface area (Å²) in [6.07, 6.45) is 0. The van der Waals surface area contributed by atoms with Crippen LogP contribution in [0, 0.1) is 0 Å². The lowest BCUT2D eigenvalue weighted by atomic mass is 10.0. The molecule has 1 aromatic carbocycles. The third kappa shape index (κ3) is 15.6. The zero-order chi connectivity index (χ0) is 22.5. The lowest BCUT2D eigenvalue weighted by Gasteiger charge is -2.09. The molecule has 0 aliphatic heterocycles. The first-order valence-corrected chi connectivity index (χ1v) is 6.94. The van der Waals surface area contributed by atoms with Crippen molar-refractivity contribution in [1.82, 2.24) is 0 Å². The molecule has 0 atom stereocenters. The number of carboxylic acids is 3. The van der Waals surface area contributed by atoms with Crippen LogP contribution in [0.5, 0.6) is 17.2 Å². The zero-order valence-electron chi connectivity index (χ0n) is 15.3. The molecule has 0 unspecified atom stereocenters. The molecule has 0 radical (unpaired) electrons. The molecule has 152 valence electrons. The fourth-order valence-corrected chi connectivity index (χ4v) is 1.34. The molecule has 0 bridgehead atoms. The van der Waals surface area contributed by atoms with Crippen molar-refractivity contribution in [2.75, 3.05) is 0 Å². The van der Waals surface area contributed by atoms with E-state index in [9.17, 15) is 24.9 Å². The SMILES string of the molecule is CC(=O)O.CC(=O)O.CC(=O)O.CC(=O)c1c(O)cc(O)c(C(C)=O)c1O. The fraction of sp³-hybridized carbons (Fsp3) is 0.312. The Bertz CT molecular complexity index is 626. The minimum absolute atomic E-state index is 0.363. The van der Waals surface area contributed by atoms with Crippen LogP contribution in [-0.4, -0.2) is 60.1 Å². The second-order valence-corrected chi connectivity index (χ2v) is 4.68. The van der Waals surface area contributed by atoms with Gasteiger partial charge in [0.1, 0.15) is 28.4 Å². The van der Waals surface area contributed by atoms with E-state index in [2.05, 4.69) is 0 Å². The molecule has 1 rings (SSSR count). The van der Waals surface area contributed by atoms with Crippen LogP contribution in [0.2, 0.25) is 0 Å². The van der Waals surface area contributed by atoms with Gasteiger partial charge in [-0.05, 0) is 13.8 Å². The van der Waals surface area contributed by atoms with E-state index < -0.39 is 46.7 Å². The first-order chi connectivity index (χ1) is 12.1. The van der Waals surface area contributed by atoms with Gasteiger partial charge in [-0.15, -0.1) is 0 Å². The van der Waals surface area contributed by atoms with Crippen molar-refractivity contribution in [3.05, 3.63) is 17.2 Å². The molecule has 27 heavy (non-hydrogen) atoms. The highest BCUT2D eigenvalue weighted by Crippen LogP contribution is 2.37. The van der Waals surface area contributed by atoms with Gasteiger partial charge in [0.15, 0.2) is 11.6 Å². The van der Waals surface area contributed by atoms with Crippen molar-refractivity contribution in [2.45, 2.75) is 34.6 Å². The Morgan fingerprint density at radius 3 is 0.926 bits per heavy atom. The highest BCUT2D eigenvalue weighted by molar-refractivity contribution is 6.07. The Kier molecular flexibility index (Phi) is 14.2. The molecule has 0 spiro atoms. The molecular formula is C16H22O11. The quantitative estimate of drug-likeness (QED) is 0.398. The summed E-state index contributed by atoms with van der Waals surface area (Å²) in [6, 6.07) is 0.854. The van der Waals surface area contributed by atoms with Crippen LogP contribution in [0.15, 0.2) is 6.07 Å². The van der Waals surface area contributed by atoms with Gasteiger partial charge >= 0.3 is 0 Å². The predicted molar refractivity (Wildman–Crippen MR) is 91.4 cm³/mol. The minimum atomic E-state index is -0.833. The van der Waals surface area contributed by atoms with E-state index in [0.717, 1.165) is 40.7 Å². The molecule has 0 saturated carbocycles. The van der Waals surface area contributed by atoms with E-state index >= 15 is 0 Å². The maximum absolute atomic E-state index is 11.1. The van der Waals surface area contributed by atoms with Crippen LogP contribution in [0.1, 0.15) is 55.3 Å². The largest absolute Gasteiger partial charge is 0.507 e. The van der Waals surface area contributed by atoms with Crippen molar-refractivity contribution in [1.29, 1.82) is 0 Å². The van der Waals surface area contributed by atoms with Gasteiger partial charge < -0.3 is 30.6 Å². The number of aliphatic carboxylic acids is 3. The Morgan fingerprint density at radius 1 is 0.593 bits per heavy atom. The predicted octanol–water partition coefficient (Wildman–Crippen LogP) is 1.48. The van der Waals surface area contributed by atoms with E-state index in [1.807, 2.05) is 0 Å².